The molecule has 6 nitrogen and oxygen atoms in total. The maximum Gasteiger partial charge on any atom is 0.273 e. The first-order chi connectivity index (χ1) is 9.34. The number of nitrogens with zero attached hydrogens (tertiary/aromatic N) is 2. The van der Waals surface area contributed by atoms with Crippen molar-refractivity contribution in [2.75, 3.05) is 13.1 Å². The van der Waals surface area contributed by atoms with Crippen molar-refractivity contribution >= 4 is 11.6 Å². The van der Waals surface area contributed by atoms with Gasteiger partial charge in [-0.3, -0.25) is 14.9 Å². The molecule has 0 radical (unpaired) electrons. The van der Waals surface area contributed by atoms with E-state index in [1.165, 1.54) is 4.90 Å². The van der Waals surface area contributed by atoms with Crippen LogP contribution in [0.5, 0.6) is 0 Å². The highest BCUT2D eigenvalue weighted by Crippen LogP contribution is 2.28. The van der Waals surface area contributed by atoms with Gasteiger partial charge in [0.1, 0.15) is 5.82 Å². The molecule has 0 saturated carbocycles. The molecular weight excluding hydrogens is 267 g/mol. The molecule has 1 amide bonds. The minimum absolute atomic E-state index is 0.0738. The second kappa shape index (κ2) is 5.16. The molecule has 0 aliphatic carbocycles. The highest BCUT2D eigenvalue weighted by molar-refractivity contribution is 5.95. The molecule has 0 atom stereocenters. The van der Waals surface area contributed by atoms with Crippen LogP contribution in [0.4, 0.5) is 10.1 Å². The highest BCUT2D eigenvalue weighted by Gasteiger charge is 2.43. The number of hydrogen-bond donors (Lipinski definition) is 1. The lowest BCUT2D eigenvalue weighted by Crippen LogP contribution is -2.63. The summed E-state index contributed by atoms with van der Waals surface area (Å²) in [5.41, 5.74) is -1.42. The Hall–Kier alpha value is -2.02. The first-order valence-corrected chi connectivity index (χ1v) is 6.31. The molecule has 1 aromatic carbocycles. The SMILES string of the molecule is CCCC1(O)CN(C(=O)c2cc(F)cc([N+](=O)[O-])c2)C1. The number of nitro groups is 1. The Labute approximate surface area is 115 Å². The second-order valence-corrected chi connectivity index (χ2v) is 5.09. The lowest BCUT2D eigenvalue weighted by Gasteiger charge is -2.46. The third-order valence-electron chi connectivity index (χ3n) is 3.31. The van der Waals surface area contributed by atoms with E-state index in [1.54, 1.807) is 0 Å². The summed E-state index contributed by atoms with van der Waals surface area (Å²) >= 11 is 0. The van der Waals surface area contributed by atoms with Crippen molar-refractivity contribution in [3.63, 3.8) is 0 Å². The molecule has 1 aliphatic heterocycles. The third kappa shape index (κ3) is 2.77. The molecule has 1 heterocycles. The molecule has 0 unspecified atom stereocenters. The van der Waals surface area contributed by atoms with Gasteiger partial charge in [0.05, 0.1) is 29.7 Å². The average Bonchev–Trinajstić information content (AvgIpc) is 2.34. The van der Waals surface area contributed by atoms with Gasteiger partial charge >= 0.3 is 0 Å². The largest absolute Gasteiger partial charge is 0.386 e. The van der Waals surface area contributed by atoms with Crippen molar-refractivity contribution in [2.24, 2.45) is 0 Å². The first kappa shape index (κ1) is 14.4. The standard InChI is InChI=1S/C13H15FN2O4/c1-2-3-13(18)7-15(8-13)12(17)9-4-10(14)6-11(5-9)16(19)20/h4-6,18H,2-3,7-8H2,1H3. The quantitative estimate of drug-likeness (QED) is 0.673. The summed E-state index contributed by atoms with van der Waals surface area (Å²) < 4.78 is 13.3. The molecule has 20 heavy (non-hydrogen) atoms. The van der Waals surface area contributed by atoms with Gasteiger partial charge < -0.3 is 10.0 Å². The lowest BCUT2D eigenvalue weighted by atomic mass is 9.88. The molecule has 1 N–H and O–H groups in total. The second-order valence-electron chi connectivity index (χ2n) is 5.09. The number of benzene rings is 1. The molecule has 7 heteroatoms. The number of carbonyl (C=O) groups is 1. The average molecular weight is 282 g/mol. The van der Waals surface area contributed by atoms with Crippen LogP contribution in [0.15, 0.2) is 18.2 Å². The number of aliphatic hydroxyl groups is 1. The van der Waals surface area contributed by atoms with E-state index in [0.29, 0.717) is 6.42 Å². The summed E-state index contributed by atoms with van der Waals surface area (Å²) in [5.74, 6) is -1.33. The summed E-state index contributed by atoms with van der Waals surface area (Å²) in [5, 5.41) is 20.6. The zero-order valence-corrected chi connectivity index (χ0v) is 11.0. The van der Waals surface area contributed by atoms with Crippen LogP contribution in [0.1, 0.15) is 30.1 Å². The van der Waals surface area contributed by atoms with Gasteiger partial charge in [-0.15, -0.1) is 0 Å². The van der Waals surface area contributed by atoms with Gasteiger partial charge in [0.2, 0.25) is 0 Å². The van der Waals surface area contributed by atoms with Crippen molar-refractivity contribution in [1.82, 2.24) is 4.90 Å². The van der Waals surface area contributed by atoms with Gasteiger partial charge in [-0.1, -0.05) is 13.3 Å². The zero-order chi connectivity index (χ0) is 14.9. The summed E-state index contributed by atoms with van der Waals surface area (Å²) in [6.07, 6.45) is 1.38. The predicted molar refractivity (Wildman–Crippen MR) is 68.8 cm³/mol. The summed E-state index contributed by atoms with van der Waals surface area (Å²) in [6, 6.07) is 2.77. The molecule has 1 aliphatic rings. The number of carbonyl (C=O) groups excluding carboxylic acids is 1. The number of nitro benzene ring substituents is 1. The third-order valence-corrected chi connectivity index (χ3v) is 3.31. The van der Waals surface area contributed by atoms with Gasteiger partial charge in [-0.2, -0.15) is 0 Å². The Morgan fingerprint density at radius 2 is 2.15 bits per heavy atom. The fraction of sp³-hybridized carbons (Fsp3) is 0.462. The zero-order valence-electron chi connectivity index (χ0n) is 11.0. The maximum absolute atomic E-state index is 13.3. The van der Waals surface area contributed by atoms with Crippen molar-refractivity contribution in [2.45, 2.75) is 25.4 Å². The summed E-state index contributed by atoms with van der Waals surface area (Å²) in [4.78, 5) is 23.3. The fourth-order valence-corrected chi connectivity index (χ4v) is 2.42. The number of β-amino-alcohol motifs (C(OH)–C–C–N with tert-alkyl or cyclic N) is 1. The van der Waals surface area contributed by atoms with Crippen LogP contribution in [0, 0.1) is 15.9 Å². The van der Waals surface area contributed by atoms with Crippen molar-refractivity contribution in [3.8, 4) is 0 Å². The van der Waals surface area contributed by atoms with Crippen LogP contribution in [-0.2, 0) is 0 Å². The minimum atomic E-state index is -0.885. The Morgan fingerprint density at radius 1 is 1.50 bits per heavy atom. The van der Waals surface area contributed by atoms with Crippen molar-refractivity contribution in [1.29, 1.82) is 0 Å². The topological polar surface area (TPSA) is 83.7 Å². The summed E-state index contributed by atoms with van der Waals surface area (Å²) in [6.45, 7) is 2.27. The number of likely N-dealkylation sites (tertiary alicyclic amines) is 1. The predicted octanol–water partition coefficient (Wildman–Crippen LogP) is 1.72. The van der Waals surface area contributed by atoms with Crippen LogP contribution in [-0.4, -0.2) is 39.5 Å². The number of amides is 1. The van der Waals surface area contributed by atoms with Crippen LogP contribution in [0.25, 0.3) is 0 Å². The van der Waals surface area contributed by atoms with E-state index in [1.807, 2.05) is 6.92 Å². The minimum Gasteiger partial charge on any atom is -0.386 e. The number of halogens is 1. The van der Waals surface area contributed by atoms with Gasteiger partial charge in [-0.05, 0) is 12.5 Å². The van der Waals surface area contributed by atoms with Crippen LogP contribution in [0.3, 0.4) is 0 Å². The smallest absolute Gasteiger partial charge is 0.273 e. The van der Waals surface area contributed by atoms with Gasteiger partial charge in [0, 0.05) is 11.6 Å². The van der Waals surface area contributed by atoms with Crippen LogP contribution >= 0.6 is 0 Å². The molecule has 108 valence electrons. The normalized spacial score (nSPS) is 16.6. The highest BCUT2D eigenvalue weighted by atomic mass is 19.1. The molecule has 0 spiro atoms. The fourth-order valence-electron chi connectivity index (χ4n) is 2.42. The van der Waals surface area contributed by atoms with Crippen LogP contribution in [0.2, 0.25) is 0 Å². The van der Waals surface area contributed by atoms with E-state index in [9.17, 15) is 24.4 Å². The van der Waals surface area contributed by atoms with Crippen molar-refractivity contribution in [3.05, 3.63) is 39.7 Å². The Balaban J connectivity index is 2.13. The van der Waals surface area contributed by atoms with E-state index in [2.05, 4.69) is 0 Å². The molecule has 0 aromatic heterocycles. The van der Waals surface area contributed by atoms with E-state index in [-0.39, 0.29) is 18.7 Å². The molecule has 2 rings (SSSR count). The van der Waals surface area contributed by atoms with Gasteiger partial charge in [0.25, 0.3) is 11.6 Å². The van der Waals surface area contributed by atoms with E-state index in [4.69, 9.17) is 0 Å². The number of hydrogen-bond acceptors (Lipinski definition) is 4. The Kier molecular flexibility index (Phi) is 3.71. The molecular formula is C13H15FN2O4. The molecule has 0 bridgehead atoms. The van der Waals surface area contributed by atoms with Gasteiger partial charge in [0.15, 0.2) is 0 Å². The number of non-ortho nitro benzene ring substituents is 1. The summed E-state index contributed by atoms with van der Waals surface area (Å²) in [7, 11) is 0. The molecule has 1 fully saturated rings. The molecule has 1 saturated heterocycles. The first-order valence-electron chi connectivity index (χ1n) is 6.31. The van der Waals surface area contributed by atoms with Crippen molar-refractivity contribution < 1.29 is 19.2 Å². The number of rotatable bonds is 4. The Bertz CT molecular complexity index is 555. The van der Waals surface area contributed by atoms with E-state index >= 15 is 0 Å². The maximum atomic E-state index is 13.3. The monoisotopic (exact) mass is 282 g/mol. The van der Waals surface area contributed by atoms with Crippen LogP contribution < -0.4 is 0 Å². The Morgan fingerprint density at radius 3 is 2.70 bits per heavy atom. The van der Waals surface area contributed by atoms with Gasteiger partial charge in [-0.25, -0.2) is 4.39 Å². The molecule has 1 aromatic rings. The van der Waals surface area contributed by atoms with E-state index in [0.717, 1.165) is 24.6 Å². The lowest BCUT2D eigenvalue weighted by molar-refractivity contribution is -0.385. The van der Waals surface area contributed by atoms with E-state index < -0.39 is 27.9 Å².